The van der Waals surface area contributed by atoms with Crippen molar-refractivity contribution in [2.75, 3.05) is 12.4 Å². The summed E-state index contributed by atoms with van der Waals surface area (Å²) in [4.78, 5) is 10.6. The van der Waals surface area contributed by atoms with Gasteiger partial charge in [-0.05, 0) is 0 Å². The molecule has 8 heteroatoms. The van der Waals surface area contributed by atoms with Crippen molar-refractivity contribution in [2.24, 2.45) is 0 Å². The molecule has 1 heterocycles. The molecule has 1 fully saturated rings. The third-order valence-corrected chi connectivity index (χ3v) is 3.65. The number of hydrogen-bond acceptors (Lipinski definition) is 7. The molecular formula is C8H15NO6S. The number of thioether (sulfide) groups is 1. The van der Waals surface area contributed by atoms with Crippen molar-refractivity contribution in [3.05, 3.63) is 0 Å². The number of hydrogen-bond donors (Lipinski definition) is 6. The summed E-state index contributed by atoms with van der Waals surface area (Å²) in [5.74, 6) is -0.752. The van der Waals surface area contributed by atoms with E-state index < -0.39 is 42.3 Å². The molecule has 16 heavy (non-hydrogen) atoms. The molecule has 5 atom stereocenters. The lowest BCUT2D eigenvalue weighted by atomic mass is 10.1. The zero-order valence-electron chi connectivity index (χ0n) is 8.35. The predicted octanol–water partition coefficient (Wildman–Crippen LogP) is -2.82. The molecule has 1 saturated heterocycles. The molecule has 0 amide bonds. The lowest BCUT2D eigenvalue weighted by Crippen LogP contribution is -2.50. The first-order valence-corrected chi connectivity index (χ1v) is 5.77. The molecule has 7 nitrogen and oxygen atoms in total. The Balaban J connectivity index is 2.50. The van der Waals surface area contributed by atoms with Gasteiger partial charge in [-0.3, -0.25) is 10.1 Å². The lowest BCUT2D eigenvalue weighted by Gasteiger charge is -2.25. The minimum atomic E-state index is -1.51. The Hall–Kier alpha value is -0.380. The van der Waals surface area contributed by atoms with E-state index in [1.165, 1.54) is 0 Å². The van der Waals surface area contributed by atoms with Gasteiger partial charge in [-0.25, -0.2) is 0 Å². The number of aliphatic carboxylic acids is 1. The standard InChI is InChI=1S/C8H15NO6S/c10-1-4(11)5(12)6(13)7-9-3(2-16-7)8(14)15/h3-7,9-13H,1-2H2,(H,14,15)/t3-,4-,5-,6-,7-/m0/s1. The van der Waals surface area contributed by atoms with Gasteiger partial charge in [0.1, 0.15) is 24.4 Å². The Kier molecular flexibility index (Phi) is 4.96. The maximum atomic E-state index is 10.6. The quantitative estimate of drug-likeness (QED) is 0.309. The average molecular weight is 253 g/mol. The fourth-order valence-corrected chi connectivity index (χ4v) is 2.61. The molecule has 0 aromatic heterocycles. The highest BCUT2D eigenvalue weighted by molar-refractivity contribution is 8.00. The van der Waals surface area contributed by atoms with Gasteiger partial charge in [-0.1, -0.05) is 0 Å². The van der Waals surface area contributed by atoms with Crippen LogP contribution in [-0.2, 0) is 4.79 Å². The molecule has 0 saturated carbocycles. The van der Waals surface area contributed by atoms with Crippen molar-refractivity contribution < 1.29 is 30.3 Å². The first-order valence-electron chi connectivity index (χ1n) is 4.73. The van der Waals surface area contributed by atoms with Crippen molar-refractivity contribution in [3.8, 4) is 0 Å². The highest BCUT2D eigenvalue weighted by Crippen LogP contribution is 2.24. The Morgan fingerprint density at radius 1 is 1.44 bits per heavy atom. The minimum Gasteiger partial charge on any atom is -0.480 e. The second kappa shape index (κ2) is 5.80. The highest BCUT2D eigenvalue weighted by Gasteiger charge is 2.38. The molecule has 0 unspecified atom stereocenters. The summed E-state index contributed by atoms with van der Waals surface area (Å²) >= 11 is 1.15. The summed E-state index contributed by atoms with van der Waals surface area (Å²) in [6.07, 6.45) is -4.29. The second-order valence-electron chi connectivity index (χ2n) is 3.54. The van der Waals surface area contributed by atoms with E-state index in [0.717, 1.165) is 11.8 Å². The number of carboxylic acids is 1. The van der Waals surface area contributed by atoms with Gasteiger partial charge in [-0.2, -0.15) is 0 Å². The van der Waals surface area contributed by atoms with Crippen molar-refractivity contribution in [2.45, 2.75) is 29.7 Å². The normalized spacial score (nSPS) is 31.0. The SMILES string of the molecule is O=C(O)[C@@H]1CS[C@@H]([C@@H](O)[C@@H](O)[C@@H](O)CO)N1. The Morgan fingerprint density at radius 2 is 2.06 bits per heavy atom. The molecule has 1 rings (SSSR count). The van der Waals surface area contributed by atoms with Crippen LogP contribution in [-0.4, -0.2) is 73.6 Å². The molecule has 1 aliphatic heterocycles. The number of aliphatic hydroxyl groups excluding tert-OH is 4. The molecule has 0 aliphatic carbocycles. The Bertz CT molecular complexity index is 253. The van der Waals surface area contributed by atoms with Gasteiger partial charge in [0.05, 0.1) is 12.0 Å². The van der Waals surface area contributed by atoms with Crippen molar-refractivity contribution in [3.63, 3.8) is 0 Å². The van der Waals surface area contributed by atoms with Gasteiger partial charge >= 0.3 is 5.97 Å². The van der Waals surface area contributed by atoms with Crippen LogP contribution in [0.2, 0.25) is 0 Å². The van der Waals surface area contributed by atoms with Gasteiger partial charge in [0.2, 0.25) is 0 Å². The van der Waals surface area contributed by atoms with Gasteiger partial charge in [0, 0.05) is 5.75 Å². The zero-order chi connectivity index (χ0) is 12.3. The van der Waals surface area contributed by atoms with E-state index in [2.05, 4.69) is 5.32 Å². The Morgan fingerprint density at radius 3 is 2.50 bits per heavy atom. The largest absolute Gasteiger partial charge is 0.480 e. The molecular weight excluding hydrogens is 238 g/mol. The number of carboxylic acid groups (broad SMARTS) is 1. The molecule has 0 aromatic carbocycles. The van der Waals surface area contributed by atoms with Crippen LogP contribution in [0.3, 0.4) is 0 Å². The van der Waals surface area contributed by atoms with Crippen LogP contribution in [0.1, 0.15) is 0 Å². The summed E-state index contributed by atoms with van der Waals surface area (Å²) in [5.41, 5.74) is 0. The lowest BCUT2D eigenvalue weighted by molar-refractivity contribution is -0.139. The summed E-state index contributed by atoms with van der Waals surface area (Å²) < 4.78 is 0. The molecule has 6 N–H and O–H groups in total. The number of nitrogens with one attached hydrogen (secondary N) is 1. The van der Waals surface area contributed by atoms with E-state index in [1.54, 1.807) is 0 Å². The summed E-state index contributed by atoms with van der Waals surface area (Å²) in [6, 6.07) is -0.775. The van der Waals surface area contributed by atoms with Crippen LogP contribution in [0.25, 0.3) is 0 Å². The van der Waals surface area contributed by atoms with Crippen LogP contribution in [0.5, 0.6) is 0 Å². The molecule has 0 spiro atoms. The highest BCUT2D eigenvalue weighted by atomic mass is 32.2. The third-order valence-electron chi connectivity index (χ3n) is 2.35. The smallest absolute Gasteiger partial charge is 0.321 e. The summed E-state index contributed by atoms with van der Waals surface area (Å²) in [7, 11) is 0. The second-order valence-corrected chi connectivity index (χ2v) is 4.72. The number of aliphatic hydroxyl groups is 4. The van der Waals surface area contributed by atoms with Crippen LogP contribution >= 0.6 is 11.8 Å². The van der Waals surface area contributed by atoms with E-state index in [0.29, 0.717) is 0 Å². The van der Waals surface area contributed by atoms with Gasteiger partial charge in [0.25, 0.3) is 0 Å². The maximum Gasteiger partial charge on any atom is 0.321 e. The third kappa shape index (κ3) is 3.06. The number of rotatable bonds is 5. The molecule has 1 aliphatic rings. The van der Waals surface area contributed by atoms with E-state index in [9.17, 15) is 15.0 Å². The van der Waals surface area contributed by atoms with E-state index in [4.69, 9.17) is 15.3 Å². The van der Waals surface area contributed by atoms with Crippen molar-refractivity contribution in [1.29, 1.82) is 0 Å². The fraction of sp³-hybridized carbons (Fsp3) is 0.875. The van der Waals surface area contributed by atoms with Crippen LogP contribution in [0.15, 0.2) is 0 Å². The van der Waals surface area contributed by atoms with Crippen LogP contribution < -0.4 is 5.32 Å². The van der Waals surface area contributed by atoms with Gasteiger partial charge < -0.3 is 25.5 Å². The minimum absolute atomic E-state index is 0.277. The van der Waals surface area contributed by atoms with Crippen LogP contribution in [0.4, 0.5) is 0 Å². The molecule has 0 aromatic rings. The van der Waals surface area contributed by atoms with Gasteiger partial charge in [-0.15, -0.1) is 11.8 Å². The van der Waals surface area contributed by atoms with Crippen LogP contribution in [0, 0.1) is 0 Å². The first-order chi connectivity index (χ1) is 7.47. The van der Waals surface area contributed by atoms with Crippen molar-refractivity contribution in [1.82, 2.24) is 5.32 Å². The molecule has 0 bridgehead atoms. The van der Waals surface area contributed by atoms with E-state index in [1.807, 2.05) is 0 Å². The van der Waals surface area contributed by atoms with Gasteiger partial charge in [0.15, 0.2) is 0 Å². The van der Waals surface area contributed by atoms with Crippen molar-refractivity contribution >= 4 is 17.7 Å². The average Bonchev–Trinajstić information content (AvgIpc) is 2.75. The summed E-state index contributed by atoms with van der Waals surface area (Å²) in [5, 5.41) is 47.4. The van der Waals surface area contributed by atoms with E-state index in [-0.39, 0.29) is 5.75 Å². The summed E-state index contributed by atoms with van der Waals surface area (Å²) in [6.45, 7) is -0.669. The molecule has 94 valence electrons. The first kappa shape index (κ1) is 13.7. The Labute approximate surface area is 96.1 Å². The topological polar surface area (TPSA) is 130 Å². The fourth-order valence-electron chi connectivity index (χ4n) is 1.35. The zero-order valence-corrected chi connectivity index (χ0v) is 9.17. The number of carbonyl (C=O) groups is 1. The predicted molar refractivity (Wildman–Crippen MR) is 55.9 cm³/mol. The van der Waals surface area contributed by atoms with E-state index >= 15 is 0 Å². The monoisotopic (exact) mass is 253 g/mol. The maximum absolute atomic E-state index is 10.6. The molecule has 0 radical (unpaired) electrons.